The molecule has 166 valence electrons. The van der Waals surface area contributed by atoms with Gasteiger partial charge in [-0.05, 0) is 48.5 Å². The predicted octanol–water partition coefficient (Wildman–Crippen LogP) is 3.96. The molecular weight excluding hydrogens is 454 g/mol. The van der Waals surface area contributed by atoms with Gasteiger partial charge in [-0.1, -0.05) is 17.7 Å². The van der Waals surface area contributed by atoms with E-state index < -0.39 is 22.5 Å². The number of ether oxygens (including phenoxy) is 3. The molecule has 3 aromatic rings. The van der Waals surface area contributed by atoms with Crippen LogP contribution in [0.1, 0.15) is 26.3 Å². The minimum Gasteiger partial charge on any atom is -0.454 e. The Morgan fingerprint density at radius 1 is 1.06 bits per heavy atom. The summed E-state index contributed by atoms with van der Waals surface area (Å²) in [6.07, 6.45) is 1.14. The molecule has 1 aliphatic rings. The van der Waals surface area contributed by atoms with Gasteiger partial charge in [0.25, 0.3) is 5.91 Å². The average molecular weight is 468 g/mol. The molecule has 0 unspecified atom stereocenters. The molecule has 0 fully saturated rings. The van der Waals surface area contributed by atoms with E-state index in [1.807, 2.05) is 0 Å². The highest BCUT2D eigenvalue weighted by atomic mass is 35.5. The molecule has 10 nitrogen and oxygen atoms in total. The molecule has 33 heavy (non-hydrogen) atoms. The maximum absolute atomic E-state index is 12.7. The zero-order valence-electron chi connectivity index (χ0n) is 16.7. The number of hydrogen-bond donors (Lipinski definition) is 1. The van der Waals surface area contributed by atoms with Crippen LogP contribution in [0.4, 0.5) is 5.69 Å². The summed E-state index contributed by atoms with van der Waals surface area (Å²) < 4.78 is 15.8. The van der Waals surface area contributed by atoms with Gasteiger partial charge in [-0.2, -0.15) is 5.10 Å². The maximum Gasteiger partial charge on any atom is 0.343 e. The lowest BCUT2D eigenvalue weighted by Gasteiger charge is -2.08. The van der Waals surface area contributed by atoms with Crippen molar-refractivity contribution in [2.45, 2.75) is 0 Å². The number of hydrogen-bond acceptors (Lipinski definition) is 8. The summed E-state index contributed by atoms with van der Waals surface area (Å²) >= 11 is 5.80. The zero-order valence-corrected chi connectivity index (χ0v) is 17.4. The molecule has 0 radical (unpaired) electrons. The topological polar surface area (TPSA) is 129 Å². The molecule has 1 heterocycles. The summed E-state index contributed by atoms with van der Waals surface area (Å²) in [5.74, 6) is -0.857. The number of carbonyl (C=O) groups is 2. The summed E-state index contributed by atoms with van der Waals surface area (Å²) in [4.78, 5) is 35.7. The number of para-hydroxylation sites is 1. The van der Waals surface area contributed by atoms with Gasteiger partial charge in [0.1, 0.15) is 0 Å². The Morgan fingerprint density at radius 3 is 2.55 bits per heavy atom. The summed E-state index contributed by atoms with van der Waals surface area (Å²) in [6, 6.07) is 14.6. The SMILES string of the molecule is O=C(N/N=C/c1cccc([N+](=O)[O-])c1OC(=O)c1ccc2c(c1)OCO2)c1ccc(Cl)cc1. The quantitative estimate of drug-likeness (QED) is 0.191. The first-order valence-electron chi connectivity index (χ1n) is 9.40. The van der Waals surface area contributed by atoms with E-state index >= 15 is 0 Å². The molecule has 1 N–H and O–H groups in total. The molecule has 4 rings (SSSR count). The van der Waals surface area contributed by atoms with Crippen LogP contribution < -0.4 is 19.6 Å². The van der Waals surface area contributed by atoms with Crippen molar-refractivity contribution in [3.8, 4) is 17.2 Å². The molecule has 0 bridgehead atoms. The van der Waals surface area contributed by atoms with Gasteiger partial charge in [0, 0.05) is 22.2 Å². The number of nitro groups is 1. The number of halogens is 1. The van der Waals surface area contributed by atoms with E-state index in [1.165, 1.54) is 48.5 Å². The highest BCUT2D eigenvalue weighted by molar-refractivity contribution is 6.30. The molecule has 1 aliphatic heterocycles. The molecule has 0 aliphatic carbocycles. The van der Waals surface area contributed by atoms with Crippen molar-refractivity contribution in [1.82, 2.24) is 5.43 Å². The third kappa shape index (κ3) is 4.91. The van der Waals surface area contributed by atoms with Gasteiger partial charge in [-0.25, -0.2) is 10.2 Å². The summed E-state index contributed by atoms with van der Waals surface area (Å²) in [5.41, 5.74) is 2.38. The van der Waals surface area contributed by atoms with Crippen molar-refractivity contribution in [3.05, 3.63) is 92.5 Å². The number of amides is 1. The Hall–Kier alpha value is -4.44. The van der Waals surface area contributed by atoms with Crippen LogP contribution in [0.25, 0.3) is 0 Å². The van der Waals surface area contributed by atoms with Crippen molar-refractivity contribution in [2.24, 2.45) is 5.10 Å². The Morgan fingerprint density at radius 2 is 1.79 bits per heavy atom. The monoisotopic (exact) mass is 467 g/mol. The summed E-state index contributed by atoms with van der Waals surface area (Å²) in [5, 5.41) is 15.8. The lowest BCUT2D eigenvalue weighted by Crippen LogP contribution is -2.17. The van der Waals surface area contributed by atoms with E-state index in [-0.39, 0.29) is 23.7 Å². The van der Waals surface area contributed by atoms with E-state index in [1.54, 1.807) is 12.1 Å². The van der Waals surface area contributed by atoms with Gasteiger partial charge in [0.2, 0.25) is 12.5 Å². The van der Waals surface area contributed by atoms with E-state index in [0.717, 1.165) is 6.21 Å². The van der Waals surface area contributed by atoms with Crippen LogP contribution in [-0.4, -0.2) is 29.8 Å². The number of hydrazone groups is 1. The molecule has 1 amide bonds. The molecule has 11 heteroatoms. The van der Waals surface area contributed by atoms with Crippen LogP contribution in [0.3, 0.4) is 0 Å². The van der Waals surface area contributed by atoms with Crippen LogP contribution in [0, 0.1) is 10.1 Å². The molecule has 0 spiro atoms. The molecule has 0 atom stereocenters. The Balaban J connectivity index is 1.56. The molecule has 3 aromatic carbocycles. The molecule has 0 saturated heterocycles. The van der Waals surface area contributed by atoms with Crippen molar-refractivity contribution in [1.29, 1.82) is 0 Å². The third-order valence-electron chi connectivity index (χ3n) is 4.50. The number of carbonyl (C=O) groups excluding carboxylic acids is 2. The maximum atomic E-state index is 12.7. The van der Waals surface area contributed by atoms with Crippen LogP contribution >= 0.6 is 11.6 Å². The van der Waals surface area contributed by atoms with Gasteiger partial charge in [-0.3, -0.25) is 14.9 Å². The second-order valence-corrected chi connectivity index (χ2v) is 7.05. The van der Waals surface area contributed by atoms with E-state index in [2.05, 4.69) is 10.5 Å². The Kier molecular flexibility index (Phi) is 6.18. The second-order valence-electron chi connectivity index (χ2n) is 6.62. The van der Waals surface area contributed by atoms with Crippen molar-refractivity contribution in [2.75, 3.05) is 6.79 Å². The van der Waals surface area contributed by atoms with Crippen molar-refractivity contribution < 1.29 is 28.7 Å². The first-order valence-corrected chi connectivity index (χ1v) is 9.78. The summed E-state index contributed by atoms with van der Waals surface area (Å²) in [7, 11) is 0. The van der Waals surface area contributed by atoms with Gasteiger partial charge < -0.3 is 14.2 Å². The molecule has 0 aromatic heterocycles. The van der Waals surface area contributed by atoms with E-state index in [9.17, 15) is 19.7 Å². The van der Waals surface area contributed by atoms with E-state index in [0.29, 0.717) is 22.1 Å². The van der Waals surface area contributed by atoms with Gasteiger partial charge >= 0.3 is 11.7 Å². The number of rotatable bonds is 6. The number of esters is 1. The third-order valence-corrected chi connectivity index (χ3v) is 4.75. The number of benzene rings is 3. The fourth-order valence-corrected chi connectivity index (χ4v) is 3.03. The van der Waals surface area contributed by atoms with Gasteiger partial charge in [0.15, 0.2) is 11.5 Å². The first kappa shape index (κ1) is 21.8. The number of nitro benzene ring substituents is 1. The highest BCUT2D eigenvalue weighted by Crippen LogP contribution is 2.34. The van der Waals surface area contributed by atoms with Crippen LogP contribution in [0.2, 0.25) is 5.02 Å². The minimum atomic E-state index is -0.845. The highest BCUT2D eigenvalue weighted by Gasteiger charge is 2.24. The van der Waals surface area contributed by atoms with Crippen LogP contribution in [0.15, 0.2) is 65.8 Å². The Labute approximate surface area is 191 Å². The smallest absolute Gasteiger partial charge is 0.343 e. The minimum absolute atomic E-state index is 0.0281. The Bertz CT molecular complexity index is 1280. The summed E-state index contributed by atoms with van der Waals surface area (Å²) in [6.45, 7) is 0.0281. The van der Waals surface area contributed by atoms with Crippen LogP contribution in [-0.2, 0) is 0 Å². The van der Waals surface area contributed by atoms with E-state index in [4.69, 9.17) is 25.8 Å². The van der Waals surface area contributed by atoms with Crippen LogP contribution in [0.5, 0.6) is 17.2 Å². The van der Waals surface area contributed by atoms with Gasteiger partial charge in [0.05, 0.1) is 16.7 Å². The normalized spacial score (nSPS) is 11.9. The fraction of sp³-hybridized carbons (Fsp3) is 0.0455. The molecule has 0 saturated carbocycles. The largest absolute Gasteiger partial charge is 0.454 e. The number of nitrogens with zero attached hydrogens (tertiary/aromatic N) is 2. The first-order chi connectivity index (χ1) is 15.9. The average Bonchev–Trinajstić information content (AvgIpc) is 3.28. The second kappa shape index (κ2) is 9.37. The van der Waals surface area contributed by atoms with Crippen molar-refractivity contribution >= 4 is 35.4 Å². The lowest BCUT2D eigenvalue weighted by atomic mass is 10.1. The lowest BCUT2D eigenvalue weighted by molar-refractivity contribution is -0.385. The fourth-order valence-electron chi connectivity index (χ4n) is 2.90. The van der Waals surface area contributed by atoms with Crippen molar-refractivity contribution in [3.63, 3.8) is 0 Å². The molecular formula is C22H14ClN3O7. The zero-order chi connectivity index (χ0) is 23.4. The van der Waals surface area contributed by atoms with Gasteiger partial charge in [-0.15, -0.1) is 0 Å². The standard InChI is InChI=1S/C22H14ClN3O7/c23-16-7-4-13(5-8-16)21(27)25-24-11-15-2-1-3-17(26(29)30)20(15)33-22(28)14-6-9-18-19(10-14)32-12-31-18/h1-11H,12H2,(H,25,27)/b24-11+. The predicted molar refractivity (Wildman–Crippen MR) is 117 cm³/mol. The number of fused-ring (bicyclic) bond motifs is 1. The number of nitrogens with one attached hydrogen (secondary N) is 1.